The molecule has 0 spiro atoms. The summed E-state index contributed by atoms with van der Waals surface area (Å²) in [5.74, 6) is 1.07. The van der Waals surface area contributed by atoms with Crippen LogP contribution < -0.4 is 10.1 Å². The van der Waals surface area contributed by atoms with Crippen molar-refractivity contribution in [2.24, 2.45) is 0 Å². The van der Waals surface area contributed by atoms with Crippen LogP contribution in [-0.4, -0.2) is 13.0 Å². The Balaban J connectivity index is 2.16. The van der Waals surface area contributed by atoms with Crippen LogP contribution in [0.15, 0.2) is 42.5 Å². The summed E-state index contributed by atoms with van der Waals surface area (Å²) in [5, 5.41) is 3.64. The van der Waals surface area contributed by atoms with E-state index < -0.39 is 0 Å². The van der Waals surface area contributed by atoms with Gasteiger partial charge in [0.05, 0.1) is 13.2 Å². The molecule has 0 aliphatic rings. The minimum absolute atomic E-state index is 0.109. The summed E-state index contributed by atoms with van der Waals surface area (Å²) in [4.78, 5) is 12.3. The third-order valence-corrected chi connectivity index (χ3v) is 4.73. The first-order chi connectivity index (χ1) is 12.3. The molecule has 2 rings (SSSR count). The average Bonchev–Trinajstić information content (AvgIpc) is 2.60. The first kappa shape index (κ1) is 20.1. The van der Waals surface area contributed by atoms with E-state index in [0.29, 0.717) is 10.9 Å². The Labute approximate surface area is 161 Å². The van der Waals surface area contributed by atoms with E-state index in [1.807, 2.05) is 38.1 Å². The molecule has 26 heavy (non-hydrogen) atoms. The normalized spacial score (nSPS) is 12.4. The number of rotatable bonds is 6. The number of methoxy groups -OCH3 is 1. The average molecular weight is 372 g/mol. The van der Waals surface area contributed by atoms with E-state index in [-0.39, 0.29) is 11.9 Å². The molecule has 0 aliphatic heterocycles. The van der Waals surface area contributed by atoms with E-state index in [2.05, 4.69) is 25.2 Å². The number of carbonyl (C=O) groups excluding carboxylic acids is 1. The molecule has 0 aromatic heterocycles. The first-order valence-corrected chi connectivity index (χ1v) is 9.12. The van der Waals surface area contributed by atoms with Crippen LogP contribution in [0.1, 0.15) is 55.0 Å². The molecule has 2 aromatic rings. The molecule has 0 saturated carbocycles. The Kier molecular flexibility index (Phi) is 6.87. The third kappa shape index (κ3) is 4.89. The molecule has 0 bridgehead atoms. The number of hydrogen-bond acceptors (Lipinski definition) is 2. The van der Waals surface area contributed by atoms with Gasteiger partial charge in [0.1, 0.15) is 5.75 Å². The minimum atomic E-state index is -0.154. The molecule has 1 unspecified atom stereocenters. The van der Waals surface area contributed by atoms with Gasteiger partial charge < -0.3 is 10.1 Å². The second kappa shape index (κ2) is 8.91. The van der Waals surface area contributed by atoms with Gasteiger partial charge in [0.2, 0.25) is 5.91 Å². The molecule has 0 radical (unpaired) electrons. The van der Waals surface area contributed by atoms with Gasteiger partial charge in [-0.15, -0.1) is 0 Å². The van der Waals surface area contributed by atoms with Crippen LogP contribution in [0.3, 0.4) is 0 Å². The fourth-order valence-electron chi connectivity index (χ4n) is 2.93. The van der Waals surface area contributed by atoms with Crippen molar-refractivity contribution in [3.05, 3.63) is 69.8 Å². The Morgan fingerprint density at radius 2 is 1.85 bits per heavy atom. The number of nitrogens with one attached hydrogen (secondary N) is 1. The number of halogens is 1. The lowest BCUT2D eigenvalue weighted by atomic mass is 9.93. The maximum absolute atomic E-state index is 12.3. The highest BCUT2D eigenvalue weighted by molar-refractivity contribution is 6.32. The number of carbonyl (C=O) groups is 1. The van der Waals surface area contributed by atoms with Crippen LogP contribution in [0.5, 0.6) is 5.75 Å². The lowest BCUT2D eigenvalue weighted by Gasteiger charge is -2.20. The van der Waals surface area contributed by atoms with E-state index in [9.17, 15) is 4.79 Å². The Morgan fingerprint density at radius 1 is 1.15 bits per heavy atom. The van der Waals surface area contributed by atoms with E-state index >= 15 is 0 Å². The highest BCUT2D eigenvalue weighted by atomic mass is 35.5. The summed E-state index contributed by atoms with van der Waals surface area (Å²) in [6.07, 6.45) is 3.24. The van der Waals surface area contributed by atoms with E-state index in [1.165, 1.54) is 6.08 Å². The highest BCUT2D eigenvalue weighted by Crippen LogP contribution is 2.32. The largest absolute Gasteiger partial charge is 0.496 e. The Bertz CT molecular complexity index is 812. The second-order valence-electron chi connectivity index (χ2n) is 6.69. The summed E-state index contributed by atoms with van der Waals surface area (Å²) < 4.78 is 5.49. The zero-order chi connectivity index (χ0) is 19.3. The van der Waals surface area contributed by atoms with E-state index in [0.717, 1.165) is 28.0 Å². The van der Waals surface area contributed by atoms with E-state index in [1.54, 1.807) is 19.3 Å². The topological polar surface area (TPSA) is 38.3 Å². The lowest BCUT2D eigenvalue weighted by molar-refractivity contribution is -0.117. The number of amides is 1. The molecule has 1 atom stereocenters. The maximum atomic E-state index is 12.3. The van der Waals surface area contributed by atoms with Gasteiger partial charge in [-0.3, -0.25) is 4.79 Å². The van der Waals surface area contributed by atoms with Crippen molar-refractivity contribution in [2.75, 3.05) is 7.11 Å². The standard InChI is InChI=1S/C22H26ClNO2/c1-14(2)18-13-19(15(3)12-21(18)26-5)16(4)24-22(25)11-10-17-8-6-7-9-20(17)23/h6-14,16H,1-5H3,(H,24,25)/b11-10+. The van der Waals surface area contributed by atoms with Crippen LogP contribution >= 0.6 is 11.6 Å². The number of aryl methyl sites for hydroxylation is 1. The SMILES string of the molecule is COc1cc(C)c(C(C)NC(=O)/C=C/c2ccccc2Cl)cc1C(C)C. The van der Waals surface area contributed by atoms with Gasteiger partial charge in [0, 0.05) is 11.1 Å². The zero-order valence-electron chi connectivity index (χ0n) is 16.0. The fraction of sp³-hybridized carbons (Fsp3) is 0.318. The molecule has 0 aliphatic carbocycles. The predicted octanol–water partition coefficient (Wildman–Crippen LogP) is 5.67. The van der Waals surface area contributed by atoms with Gasteiger partial charge in [0.25, 0.3) is 0 Å². The summed E-state index contributed by atoms with van der Waals surface area (Å²) >= 11 is 6.11. The molecule has 138 valence electrons. The van der Waals surface area contributed by atoms with Gasteiger partial charge in [-0.1, -0.05) is 43.6 Å². The molecule has 1 amide bonds. The van der Waals surface area contributed by atoms with Crippen molar-refractivity contribution in [1.82, 2.24) is 5.32 Å². The molecular formula is C22H26ClNO2. The van der Waals surface area contributed by atoms with Crippen LogP contribution in [0.2, 0.25) is 5.02 Å². The molecule has 0 fully saturated rings. The molecule has 0 heterocycles. The molecule has 3 nitrogen and oxygen atoms in total. The van der Waals surface area contributed by atoms with Crippen LogP contribution in [0, 0.1) is 6.92 Å². The second-order valence-corrected chi connectivity index (χ2v) is 7.10. The van der Waals surface area contributed by atoms with Gasteiger partial charge in [0.15, 0.2) is 0 Å². The van der Waals surface area contributed by atoms with Crippen molar-refractivity contribution in [1.29, 1.82) is 0 Å². The predicted molar refractivity (Wildman–Crippen MR) is 109 cm³/mol. The number of ether oxygens (including phenoxy) is 1. The minimum Gasteiger partial charge on any atom is -0.496 e. The fourth-order valence-corrected chi connectivity index (χ4v) is 3.12. The van der Waals surface area contributed by atoms with Crippen molar-refractivity contribution in [3.8, 4) is 5.75 Å². The van der Waals surface area contributed by atoms with Crippen molar-refractivity contribution in [2.45, 2.75) is 39.7 Å². The van der Waals surface area contributed by atoms with Crippen LogP contribution in [-0.2, 0) is 4.79 Å². The zero-order valence-corrected chi connectivity index (χ0v) is 16.7. The third-order valence-electron chi connectivity index (χ3n) is 4.39. The maximum Gasteiger partial charge on any atom is 0.244 e. The molecule has 1 N–H and O–H groups in total. The molecular weight excluding hydrogens is 346 g/mol. The number of benzene rings is 2. The summed E-state index contributed by atoms with van der Waals surface area (Å²) in [7, 11) is 1.69. The smallest absolute Gasteiger partial charge is 0.244 e. The van der Waals surface area contributed by atoms with Crippen molar-refractivity contribution < 1.29 is 9.53 Å². The highest BCUT2D eigenvalue weighted by Gasteiger charge is 2.16. The van der Waals surface area contributed by atoms with Crippen LogP contribution in [0.25, 0.3) is 6.08 Å². The first-order valence-electron chi connectivity index (χ1n) is 8.75. The summed E-state index contributed by atoms with van der Waals surface area (Å²) in [5.41, 5.74) is 4.14. The molecule has 0 saturated heterocycles. The van der Waals surface area contributed by atoms with Crippen molar-refractivity contribution >= 4 is 23.6 Å². The van der Waals surface area contributed by atoms with Crippen molar-refractivity contribution in [3.63, 3.8) is 0 Å². The van der Waals surface area contributed by atoms with Gasteiger partial charge in [-0.2, -0.15) is 0 Å². The Morgan fingerprint density at radius 3 is 2.46 bits per heavy atom. The summed E-state index contributed by atoms with van der Waals surface area (Å²) in [6.45, 7) is 8.28. The molecule has 4 heteroatoms. The monoisotopic (exact) mass is 371 g/mol. The quantitative estimate of drug-likeness (QED) is 0.664. The lowest BCUT2D eigenvalue weighted by Crippen LogP contribution is -2.25. The van der Waals surface area contributed by atoms with Gasteiger partial charge >= 0.3 is 0 Å². The van der Waals surface area contributed by atoms with Gasteiger partial charge in [-0.25, -0.2) is 0 Å². The number of hydrogen-bond donors (Lipinski definition) is 1. The van der Waals surface area contributed by atoms with Gasteiger partial charge in [-0.05, 0) is 66.3 Å². The Hall–Kier alpha value is -2.26. The molecule has 2 aromatic carbocycles. The van der Waals surface area contributed by atoms with Crippen LogP contribution in [0.4, 0.5) is 0 Å². The van der Waals surface area contributed by atoms with E-state index in [4.69, 9.17) is 16.3 Å². The summed E-state index contributed by atoms with van der Waals surface area (Å²) in [6, 6.07) is 11.5.